The zero-order valence-corrected chi connectivity index (χ0v) is 20.7. The normalized spacial score (nSPS) is 27.0. The van der Waals surface area contributed by atoms with Crippen molar-refractivity contribution < 1.29 is 19.3 Å². The monoisotopic (exact) mass is 472 g/mol. The predicted molar refractivity (Wildman–Crippen MR) is 138 cm³/mol. The molecule has 4 fully saturated rings. The fourth-order valence-electron chi connectivity index (χ4n) is 7.54. The van der Waals surface area contributed by atoms with Gasteiger partial charge >= 0.3 is 0 Å². The molecule has 0 atom stereocenters. The van der Waals surface area contributed by atoms with E-state index in [1.807, 2.05) is 12.1 Å². The number of aliphatic hydroxyl groups is 1. The first-order valence-electron chi connectivity index (χ1n) is 13.1. The molecule has 0 aromatic heterocycles. The number of hydrogen-bond acceptors (Lipinski definition) is 4. The van der Waals surface area contributed by atoms with Gasteiger partial charge in [0.15, 0.2) is 6.79 Å². The molecule has 4 nitrogen and oxygen atoms in total. The zero-order chi connectivity index (χ0) is 23.8. The van der Waals surface area contributed by atoms with E-state index in [-0.39, 0.29) is 18.8 Å². The van der Waals surface area contributed by atoms with Crippen LogP contribution in [0.2, 0.25) is 0 Å². The van der Waals surface area contributed by atoms with Crippen LogP contribution in [0.15, 0.2) is 54.6 Å². The molecule has 0 saturated heterocycles. The summed E-state index contributed by atoms with van der Waals surface area (Å²) in [5.41, 5.74) is 4.95. The van der Waals surface area contributed by atoms with Crippen molar-refractivity contribution >= 4 is 10.8 Å². The van der Waals surface area contributed by atoms with Crippen molar-refractivity contribution in [3.8, 4) is 16.9 Å². The van der Waals surface area contributed by atoms with Crippen LogP contribution in [0.5, 0.6) is 5.75 Å². The molecule has 4 bridgehead atoms. The maximum absolute atomic E-state index is 9.39. The Balaban J connectivity index is 1.38. The average Bonchev–Trinajstić information content (AvgIpc) is 2.87. The summed E-state index contributed by atoms with van der Waals surface area (Å²) in [5, 5.41) is 11.9. The fraction of sp³-hybridized carbons (Fsp3) is 0.484. The molecule has 184 valence electrons. The van der Waals surface area contributed by atoms with Gasteiger partial charge in [-0.3, -0.25) is 0 Å². The third kappa shape index (κ3) is 4.48. The minimum atomic E-state index is 0.0738. The molecule has 35 heavy (non-hydrogen) atoms. The van der Waals surface area contributed by atoms with Gasteiger partial charge in [0, 0.05) is 12.7 Å². The predicted octanol–water partition coefficient (Wildman–Crippen LogP) is 6.47. The Bertz CT molecular complexity index is 1150. The van der Waals surface area contributed by atoms with Gasteiger partial charge in [-0.1, -0.05) is 36.4 Å². The van der Waals surface area contributed by atoms with Crippen molar-refractivity contribution in [1.29, 1.82) is 0 Å². The van der Waals surface area contributed by atoms with Crippen molar-refractivity contribution in [3.63, 3.8) is 0 Å². The van der Waals surface area contributed by atoms with Crippen molar-refractivity contribution in [2.24, 2.45) is 17.8 Å². The summed E-state index contributed by atoms with van der Waals surface area (Å²) in [4.78, 5) is 0. The molecule has 0 radical (unpaired) electrons. The first-order valence-corrected chi connectivity index (χ1v) is 13.1. The largest absolute Gasteiger partial charge is 0.467 e. The molecule has 3 aromatic carbocycles. The Morgan fingerprint density at radius 2 is 1.49 bits per heavy atom. The van der Waals surface area contributed by atoms with Gasteiger partial charge in [-0.2, -0.15) is 0 Å². The van der Waals surface area contributed by atoms with E-state index in [1.54, 1.807) is 7.11 Å². The van der Waals surface area contributed by atoms with Crippen LogP contribution < -0.4 is 4.74 Å². The Kier molecular flexibility index (Phi) is 6.30. The zero-order valence-electron chi connectivity index (χ0n) is 20.7. The molecular formula is C31H36O4. The van der Waals surface area contributed by atoms with E-state index in [0.29, 0.717) is 13.2 Å². The molecule has 7 rings (SSSR count). The molecule has 0 aliphatic heterocycles. The highest BCUT2D eigenvalue weighted by Gasteiger charge is 2.52. The van der Waals surface area contributed by atoms with Gasteiger partial charge in [-0.15, -0.1) is 0 Å². The third-order valence-electron chi connectivity index (χ3n) is 8.75. The quantitative estimate of drug-likeness (QED) is 0.287. The number of hydrogen-bond donors (Lipinski definition) is 1. The average molecular weight is 473 g/mol. The number of ether oxygens (including phenoxy) is 3. The van der Waals surface area contributed by atoms with E-state index in [2.05, 4.69) is 42.5 Å². The third-order valence-corrected chi connectivity index (χ3v) is 8.75. The first kappa shape index (κ1) is 23.0. The van der Waals surface area contributed by atoms with Crippen LogP contribution in [-0.2, 0) is 21.5 Å². The number of fused-ring (bicyclic) bond motifs is 1. The second kappa shape index (κ2) is 9.57. The summed E-state index contributed by atoms with van der Waals surface area (Å²) in [5.74, 6) is 3.62. The van der Waals surface area contributed by atoms with Crippen molar-refractivity contribution in [2.75, 3.05) is 27.1 Å². The lowest BCUT2D eigenvalue weighted by Gasteiger charge is -2.57. The molecular weight excluding hydrogens is 436 g/mol. The lowest BCUT2D eigenvalue weighted by molar-refractivity contribution is -0.0188. The van der Waals surface area contributed by atoms with E-state index in [1.165, 1.54) is 66.0 Å². The molecule has 0 heterocycles. The molecule has 0 spiro atoms. The topological polar surface area (TPSA) is 47.9 Å². The summed E-state index contributed by atoms with van der Waals surface area (Å²) in [6.07, 6.45) is 8.18. The van der Waals surface area contributed by atoms with Gasteiger partial charge in [0.05, 0.1) is 19.8 Å². The number of aliphatic hydroxyl groups excluding tert-OH is 1. The molecule has 3 aromatic rings. The van der Waals surface area contributed by atoms with Crippen LogP contribution in [-0.4, -0.2) is 32.2 Å². The van der Waals surface area contributed by atoms with E-state index >= 15 is 0 Å². The van der Waals surface area contributed by atoms with Crippen LogP contribution >= 0.6 is 0 Å². The van der Waals surface area contributed by atoms with Gasteiger partial charge in [-0.25, -0.2) is 0 Å². The van der Waals surface area contributed by atoms with E-state index in [0.717, 1.165) is 29.1 Å². The Hall–Kier alpha value is -2.40. The van der Waals surface area contributed by atoms with E-state index in [4.69, 9.17) is 14.2 Å². The summed E-state index contributed by atoms with van der Waals surface area (Å²) in [6, 6.07) is 19.6. The molecule has 4 heteroatoms. The van der Waals surface area contributed by atoms with Gasteiger partial charge in [0.2, 0.25) is 0 Å². The SMILES string of the molecule is COCCOCOc1cc2ccc(-c3ccc(CO)cc3)cc2cc1C12CC3CC(CC(C3)C1)C2. The summed E-state index contributed by atoms with van der Waals surface area (Å²) in [6.45, 7) is 1.44. The summed E-state index contributed by atoms with van der Waals surface area (Å²) < 4.78 is 17.1. The van der Waals surface area contributed by atoms with Crippen LogP contribution in [0.25, 0.3) is 21.9 Å². The Morgan fingerprint density at radius 1 is 0.800 bits per heavy atom. The maximum Gasteiger partial charge on any atom is 0.189 e. The van der Waals surface area contributed by atoms with E-state index in [9.17, 15) is 5.11 Å². The van der Waals surface area contributed by atoms with Crippen molar-refractivity contribution in [2.45, 2.75) is 50.5 Å². The van der Waals surface area contributed by atoms with E-state index < -0.39 is 0 Å². The minimum Gasteiger partial charge on any atom is -0.467 e. The van der Waals surface area contributed by atoms with Crippen molar-refractivity contribution in [3.05, 3.63) is 65.7 Å². The number of rotatable bonds is 9. The standard InChI is InChI=1S/C31H36O4/c1-33-8-9-34-20-35-30-15-27-7-6-26(25-4-2-21(19-32)3-5-25)13-28(27)14-29(30)31-16-22-10-23(17-31)12-24(11-22)18-31/h2-7,13-15,22-24,32H,8-12,16-20H2,1H3. The number of methoxy groups -OCH3 is 1. The minimum absolute atomic E-state index is 0.0738. The smallest absolute Gasteiger partial charge is 0.189 e. The molecule has 0 unspecified atom stereocenters. The molecule has 0 amide bonds. The molecule has 4 aliphatic carbocycles. The van der Waals surface area contributed by atoms with Crippen LogP contribution in [0.3, 0.4) is 0 Å². The van der Waals surface area contributed by atoms with Gasteiger partial charge < -0.3 is 19.3 Å². The first-order chi connectivity index (χ1) is 17.2. The number of benzene rings is 3. The lowest BCUT2D eigenvalue weighted by Crippen LogP contribution is -2.48. The molecule has 1 N–H and O–H groups in total. The Labute approximate surface area is 208 Å². The molecule has 4 aliphatic rings. The Morgan fingerprint density at radius 3 is 2.14 bits per heavy atom. The lowest BCUT2D eigenvalue weighted by atomic mass is 9.48. The van der Waals surface area contributed by atoms with Gasteiger partial charge in [-0.05, 0) is 107 Å². The van der Waals surface area contributed by atoms with Crippen LogP contribution in [0.4, 0.5) is 0 Å². The molecule has 4 saturated carbocycles. The fourth-order valence-corrected chi connectivity index (χ4v) is 7.54. The van der Waals surface area contributed by atoms with Gasteiger partial charge in [0.1, 0.15) is 5.75 Å². The van der Waals surface area contributed by atoms with Gasteiger partial charge in [0.25, 0.3) is 0 Å². The second-order valence-corrected chi connectivity index (χ2v) is 11.1. The summed E-state index contributed by atoms with van der Waals surface area (Å²) >= 11 is 0. The highest BCUT2D eigenvalue weighted by atomic mass is 16.7. The highest BCUT2D eigenvalue weighted by Crippen LogP contribution is 2.62. The van der Waals surface area contributed by atoms with Crippen LogP contribution in [0, 0.1) is 17.8 Å². The highest BCUT2D eigenvalue weighted by molar-refractivity contribution is 5.89. The second-order valence-electron chi connectivity index (χ2n) is 11.1. The van der Waals surface area contributed by atoms with Crippen molar-refractivity contribution in [1.82, 2.24) is 0 Å². The van der Waals surface area contributed by atoms with Crippen LogP contribution in [0.1, 0.15) is 49.7 Å². The maximum atomic E-state index is 9.39. The summed E-state index contributed by atoms with van der Waals surface area (Å²) in [7, 11) is 1.69.